The number of ether oxygens (including phenoxy) is 1. The zero-order chi connectivity index (χ0) is 15.6. The number of benzene rings is 1. The Kier molecular flexibility index (Phi) is 4.85. The molecule has 1 rings (SSSR count). The van der Waals surface area contributed by atoms with Gasteiger partial charge in [0.15, 0.2) is 0 Å². The van der Waals surface area contributed by atoms with E-state index in [1.165, 1.54) is 12.1 Å². The first-order chi connectivity index (χ1) is 9.04. The van der Waals surface area contributed by atoms with Crippen LogP contribution in [0.1, 0.15) is 17.3 Å². The van der Waals surface area contributed by atoms with E-state index in [-0.39, 0.29) is 12.4 Å². The average molecular weight is 305 g/mol. The highest BCUT2D eigenvalue weighted by molar-refractivity contribution is 6.79. The zero-order valence-electron chi connectivity index (χ0n) is 11.9. The van der Waals surface area contributed by atoms with E-state index in [1.54, 1.807) is 13.0 Å². The third-order valence-electron chi connectivity index (χ3n) is 2.30. The number of ketones is 1. The van der Waals surface area contributed by atoms with Crippen LogP contribution in [0.4, 0.5) is 18.9 Å². The normalized spacial score (nSPS) is 12.2. The molecule has 1 aromatic carbocycles. The first-order valence-corrected chi connectivity index (χ1v) is 9.71. The van der Waals surface area contributed by atoms with Crippen LogP contribution in [0.5, 0.6) is 5.75 Å². The van der Waals surface area contributed by atoms with Gasteiger partial charge in [0.05, 0.1) is 12.2 Å². The van der Waals surface area contributed by atoms with Gasteiger partial charge in [0.25, 0.3) is 5.78 Å². The van der Waals surface area contributed by atoms with Gasteiger partial charge in [-0.3, -0.25) is 4.79 Å². The van der Waals surface area contributed by atoms with E-state index < -0.39 is 25.8 Å². The molecule has 0 bridgehead atoms. The Bertz CT molecular complexity index is 495. The number of halogens is 3. The first-order valence-electron chi connectivity index (χ1n) is 6.21. The maximum atomic E-state index is 12.6. The highest BCUT2D eigenvalue weighted by atomic mass is 28.3. The van der Waals surface area contributed by atoms with Crippen molar-refractivity contribution in [3.8, 4) is 5.75 Å². The molecule has 0 heterocycles. The van der Waals surface area contributed by atoms with Gasteiger partial charge < -0.3 is 9.72 Å². The lowest BCUT2D eigenvalue weighted by Gasteiger charge is -2.21. The van der Waals surface area contributed by atoms with Crippen molar-refractivity contribution >= 4 is 19.7 Å². The summed E-state index contributed by atoms with van der Waals surface area (Å²) in [5.41, 5.74) is 0.0443. The monoisotopic (exact) mass is 305 g/mol. The molecule has 0 spiro atoms. The molecule has 0 unspecified atom stereocenters. The summed E-state index contributed by atoms with van der Waals surface area (Å²) in [6.45, 7) is 7.87. The van der Waals surface area contributed by atoms with Gasteiger partial charge in [0.2, 0.25) is 0 Å². The van der Waals surface area contributed by atoms with E-state index in [1.807, 2.05) is 19.6 Å². The van der Waals surface area contributed by atoms with Crippen LogP contribution in [0.25, 0.3) is 0 Å². The summed E-state index contributed by atoms with van der Waals surface area (Å²) in [6, 6.07) is 4.22. The highest BCUT2D eigenvalue weighted by Gasteiger charge is 2.41. The average Bonchev–Trinajstić information content (AvgIpc) is 2.27. The molecule has 0 aliphatic carbocycles. The molecule has 0 atom stereocenters. The van der Waals surface area contributed by atoms with Gasteiger partial charge in [0.1, 0.15) is 14.0 Å². The molecular formula is C13H18F3NO2Si. The standard InChI is InChI=1S/C13H18F3NO2Si/c1-5-19-11-7-6-9(17-20(2,3)4)8-10(11)12(18)13(14,15)16/h6-8,17H,5H2,1-4H3. The lowest BCUT2D eigenvalue weighted by atomic mass is 10.1. The van der Waals surface area contributed by atoms with Crippen molar-refractivity contribution in [3.63, 3.8) is 0 Å². The van der Waals surface area contributed by atoms with Gasteiger partial charge in [0, 0.05) is 5.69 Å². The molecule has 0 aromatic heterocycles. The molecule has 7 heteroatoms. The second kappa shape index (κ2) is 5.86. The van der Waals surface area contributed by atoms with Crippen molar-refractivity contribution in [1.82, 2.24) is 0 Å². The number of carbonyl (C=O) groups excluding carboxylic acids is 1. The van der Waals surface area contributed by atoms with E-state index in [4.69, 9.17) is 4.74 Å². The summed E-state index contributed by atoms with van der Waals surface area (Å²) in [7, 11) is -1.72. The minimum atomic E-state index is -4.91. The summed E-state index contributed by atoms with van der Waals surface area (Å²) in [4.78, 5) is 14.6. The summed E-state index contributed by atoms with van der Waals surface area (Å²) >= 11 is 0. The molecule has 0 radical (unpaired) electrons. The molecular weight excluding hydrogens is 287 g/mol. The van der Waals surface area contributed by atoms with Crippen molar-refractivity contribution in [3.05, 3.63) is 23.8 Å². The van der Waals surface area contributed by atoms with Crippen LogP contribution in [0.2, 0.25) is 19.6 Å². The van der Waals surface area contributed by atoms with Gasteiger partial charge in [-0.25, -0.2) is 0 Å². The van der Waals surface area contributed by atoms with Crippen LogP contribution in [0, 0.1) is 0 Å². The predicted octanol–water partition coefficient (Wildman–Crippen LogP) is 4.08. The van der Waals surface area contributed by atoms with Crippen molar-refractivity contribution < 1.29 is 22.7 Å². The van der Waals surface area contributed by atoms with E-state index in [0.29, 0.717) is 5.69 Å². The van der Waals surface area contributed by atoms with E-state index in [9.17, 15) is 18.0 Å². The minimum absolute atomic E-state index is 0.0454. The fourth-order valence-corrected chi connectivity index (χ4v) is 2.67. The van der Waals surface area contributed by atoms with Gasteiger partial charge >= 0.3 is 6.18 Å². The summed E-state index contributed by atoms with van der Waals surface area (Å²) < 4.78 is 42.9. The highest BCUT2D eigenvalue weighted by Crippen LogP contribution is 2.30. The SMILES string of the molecule is CCOc1ccc(N[Si](C)(C)C)cc1C(=O)C(F)(F)F. The van der Waals surface area contributed by atoms with E-state index in [0.717, 1.165) is 0 Å². The molecule has 0 amide bonds. The minimum Gasteiger partial charge on any atom is -0.493 e. The van der Waals surface area contributed by atoms with Gasteiger partial charge in [-0.05, 0) is 25.1 Å². The summed E-state index contributed by atoms with van der Waals surface area (Å²) in [5, 5.41) is 0. The predicted molar refractivity (Wildman–Crippen MR) is 75.0 cm³/mol. The Labute approximate surface area is 117 Å². The maximum Gasteiger partial charge on any atom is 0.455 e. The summed E-state index contributed by atoms with van der Waals surface area (Å²) in [5.74, 6) is -1.93. The molecule has 0 saturated carbocycles. The lowest BCUT2D eigenvalue weighted by molar-refractivity contribution is -0.0886. The lowest BCUT2D eigenvalue weighted by Crippen LogP contribution is -2.32. The Hall–Kier alpha value is -1.50. The second-order valence-electron chi connectivity index (χ2n) is 5.35. The number of alkyl halides is 3. The fourth-order valence-electron chi connectivity index (χ4n) is 1.65. The van der Waals surface area contributed by atoms with Crippen LogP contribution in [-0.2, 0) is 0 Å². The molecule has 0 fully saturated rings. The van der Waals surface area contributed by atoms with Crippen molar-refractivity contribution in [2.45, 2.75) is 32.7 Å². The Morgan fingerprint density at radius 3 is 2.35 bits per heavy atom. The van der Waals surface area contributed by atoms with Crippen LogP contribution in [-0.4, -0.2) is 26.8 Å². The number of hydrogen-bond donors (Lipinski definition) is 1. The molecule has 1 aromatic rings. The number of anilines is 1. The van der Waals surface area contributed by atoms with Crippen molar-refractivity contribution in [2.75, 3.05) is 11.6 Å². The number of nitrogens with one attached hydrogen (secondary N) is 1. The number of carbonyl (C=O) groups is 1. The number of Topliss-reactive ketones (excluding diaryl/α,β-unsaturated/α-hetero) is 1. The van der Waals surface area contributed by atoms with Crippen LogP contribution >= 0.6 is 0 Å². The largest absolute Gasteiger partial charge is 0.493 e. The Morgan fingerprint density at radius 1 is 1.30 bits per heavy atom. The quantitative estimate of drug-likeness (QED) is 0.658. The number of rotatable bonds is 5. The van der Waals surface area contributed by atoms with Gasteiger partial charge in [-0.2, -0.15) is 13.2 Å². The second-order valence-corrected chi connectivity index (χ2v) is 10.1. The smallest absolute Gasteiger partial charge is 0.455 e. The maximum absolute atomic E-state index is 12.6. The van der Waals surface area contributed by atoms with Crippen molar-refractivity contribution in [2.24, 2.45) is 0 Å². The fraction of sp³-hybridized carbons (Fsp3) is 0.462. The zero-order valence-corrected chi connectivity index (χ0v) is 12.9. The van der Waals surface area contributed by atoms with Crippen LogP contribution in [0.15, 0.2) is 18.2 Å². The third kappa shape index (κ3) is 4.55. The molecule has 0 aliphatic rings. The molecule has 0 saturated heterocycles. The molecule has 112 valence electrons. The van der Waals surface area contributed by atoms with Gasteiger partial charge in [-0.1, -0.05) is 19.6 Å². The Morgan fingerprint density at radius 2 is 1.90 bits per heavy atom. The van der Waals surface area contributed by atoms with E-state index >= 15 is 0 Å². The summed E-state index contributed by atoms with van der Waals surface area (Å²) in [6.07, 6.45) is -4.91. The molecule has 0 aliphatic heterocycles. The molecule has 1 N–H and O–H groups in total. The molecule has 20 heavy (non-hydrogen) atoms. The topological polar surface area (TPSA) is 38.3 Å². The number of hydrogen-bond acceptors (Lipinski definition) is 3. The molecule has 3 nitrogen and oxygen atoms in total. The van der Waals surface area contributed by atoms with E-state index in [2.05, 4.69) is 4.98 Å². The van der Waals surface area contributed by atoms with Gasteiger partial charge in [-0.15, -0.1) is 0 Å². The third-order valence-corrected chi connectivity index (χ3v) is 3.34. The Balaban J connectivity index is 3.22. The van der Waals surface area contributed by atoms with Crippen molar-refractivity contribution in [1.29, 1.82) is 0 Å². The van der Waals surface area contributed by atoms with Crippen LogP contribution in [0.3, 0.4) is 0 Å². The van der Waals surface area contributed by atoms with Crippen LogP contribution < -0.4 is 9.72 Å². The first kappa shape index (κ1) is 16.6.